The number of carbonyl (C=O) groups is 1. The first kappa shape index (κ1) is 19.9. The normalized spacial score (nSPS) is 13.8. The van der Waals surface area contributed by atoms with Gasteiger partial charge in [0, 0.05) is 50.2 Å². The van der Waals surface area contributed by atoms with E-state index in [0.29, 0.717) is 18.2 Å². The molecule has 0 bridgehead atoms. The second-order valence-corrected chi connectivity index (χ2v) is 8.69. The maximum Gasteiger partial charge on any atom is 0.275 e. The van der Waals surface area contributed by atoms with Crippen LogP contribution in [0.15, 0.2) is 36.7 Å². The lowest BCUT2D eigenvalue weighted by Crippen LogP contribution is -2.33. The molecule has 0 fully saturated rings. The molecule has 4 rings (SSSR count). The van der Waals surface area contributed by atoms with Gasteiger partial charge in [-0.15, -0.1) is 0 Å². The molecule has 30 heavy (non-hydrogen) atoms. The maximum absolute atomic E-state index is 12.8. The Morgan fingerprint density at radius 3 is 2.80 bits per heavy atom. The molecule has 2 aromatic heterocycles. The Hall–Kier alpha value is -3.42. The average Bonchev–Trinajstić information content (AvgIpc) is 3.09. The first-order valence-electron chi connectivity index (χ1n) is 10.0. The molecule has 1 amide bonds. The van der Waals surface area contributed by atoms with Gasteiger partial charge in [0.05, 0.1) is 5.69 Å². The zero-order chi connectivity index (χ0) is 21.5. The second kappa shape index (κ2) is 7.44. The first-order chi connectivity index (χ1) is 14.2. The van der Waals surface area contributed by atoms with Gasteiger partial charge in [0.1, 0.15) is 5.69 Å². The number of imidazole rings is 1. The summed E-state index contributed by atoms with van der Waals surface area (Å²) in [5.41, 5.74) is 10.0. The summed E-state index contributed by atoms with van der Waals surface area (Å²) in [6.07, 6.45) is 4.28. The van der Waals surface area contributed by atoms with E-state index in [1.54, 1.807) is 12.4 Å². The van der Waals surface area contributed by atoms with Crippen molar-refractivity contribution in [1.82, 2.24) is 19.5 Å². The number of nitrogens with two attached hydrogens (primary N) is 1. The van der Waals surface area contributed by atoms with E-state index in [9.17, 15) is 4.79 Å². The molecule has 0 atom stereocenters. The smallest absolute Gasteiger partial charge is 0.275 e. The van der Waals surface area contributed by atoms with Crippen LogP contribution in [0.4, 0.5) is 17.6 Å². The van der Waals surface area contributed by atoms with Gasteiger partial charge in [0.25, 0.3) is 5.91 Å². The molecule has 0 spiro atoms. The Morgan fingerprint density at radius 1 is 1.23 bits per heavy atom. The number of anilines is 3. The summed E-state index contributed by atoms with van der Waals surface area (Å²) in [5, 5.41) is 2.97. The molecule has 0 radical (unpaired) electrons. The number of rotatable bonds is 3. The minimum Gasteiger partial charge on any atom is -0.368 e. The molecule has 1 aromatic carbocycles. The van der Waals surface area contributed by atoms with Gasteiger partial charge in [-0.05, 0) is 23.1 Å². The zero-order valence-corrected chi connectivity index (χ0v) is 17.8. The number of benzene rings is 1. The molecule has 0 aliphatic carbocycles. The lowest BCUT2D eigenvalue weighted by atomic mass is 9.87. The number of fused-ring (bicyclic) bond motifs is 1. The van der Waals surface area contributed by atoms with E-state index in [1.807, 2.05) is 29.8 Å². The highest BCUT2D eigenvalue weighted by Crippen LogP contribution is 2.26. The zero-order valence-electron chi connectivity index (χ0n) is 17.8. The van der Waals surface area contributed by atoms with E-state index >= 15 is 0 Å². The largest absolute Gasteiger partial charge is 0.368 e. The fraction of sp³-hybridized carbons (Fsp3) is 0.364. The lowest BCUT2D eigenvalue weighted by Gasteiger charge is -2.28. The minimum atomic E-state index is -0.226. The third kappa shape index (κ3) is 3.98. The van der Waals surface area contributed by atoms with Crippen molar-refractivity contribution in [3.05, 3.63) is 59.2 Å². The number of nitrogens with zero attached hydrogens (tertiary/aromatic N) is 5. The van der Waals surface area contributed by atoms with Gasteiger partial charge in [-0.1, -0.05) is 32.9 Å². The summed E-state index contributed by atoms with van der Waals surface area (Å²) in [6.45, 7) is 7.83. The lowest BCUT2D eigenvalue weighted by molar-refractivity contribution is 0.102. The van der Waals surface area contributed by atoms with Crippen molar-refractivity contribution < 1.29 is 4.79 Å². The number of aromatic nitrogens is 4. The molecule has 1 aliphatic rings. The van der Waals surface area contributed by atoms with Crippen molar-refractivity contribution in [2.45, 2.75) is 39.2 Å². The molecule has 0 saturated heterocycles. The van der Waals surface area contributed by atoms with Crippen molar-refractivity contribution >= 4 is 23.5 Å². The van der Waals surface area contributed by atoms with Crippen LogP contribution >= 0.6 is 0 Å². The summed E-state index contributed by atoms with van der Waals surface area (Å²) in [5.74, 6) is 0.816. The van der Waals surface area contributed by atoms with Crippen LogP contribution in [0.2, 0.25) is 0 Å². The van der Waals surface area contributed by atoms with Crippen molar-refractivity contribution in [2.24, 2.45) is 7.05 Å². The van der Waals surface area contributed by atoms with Crippen molar-refractivity contribution in [1.29, 1.82) is 0 Å². The van der Waals surface area contributed by atoms with E-state index in [4.69, 9.17) is 5.73 Å². The van der Waals surface area contributed by atoms with Crippen LogP contribution in [0.5, 0.6) is 0 Å². The number of nitrogen functional groups attached to an aromatic ring is 1. The van der Waals surface area contributed by atoms with E-state index in [-0.39, 0.29) is 11.3 Å². The van der Waals surface area contributed by atoms with E-state index in [0.717, 1.165) is 41.4 Å². The molecular formula is C22H27N7O. The van der Waals surface area contributed by atoms with Crippen LogP contribution in [0.25, 0.3) is 0 Å². The second-order valence-electron chi connectivity index (χ2n) is 8.69. The summed E-state index contributed by atoms with van der Waals surface area (Å²) >= 11 is 0. The van der Waals surface area contributed by atoms with Crippen LogP contribution in [-0.2, 0) is 25.4 Å². The Balaban J connectivity index is 1.52. The van der Waals surface area contributed by atoms with Crippen LogP contribution in [0.1, 0.15) is 48.1 Å². The highest BCUT2D eigenvalue weighted by Gasteiger charge is 2.23. The average molecular weight is 406 g/mol. The van der Waals surface area contributed by atoms with Gasteiger partial charge in [0.15, 0.2) is 0 Å². The number of nitrogens with one attached hydrogen (secondary N) is 1. The summed E-state index contributed by atoms with van der Waals surface area (Å²) in [4.78, 5) is 28.0. The Bertz CT molecular complexity index is 1100. The number of amides is 1. The van der Waals surface area contributed by atoms with Gasteiger partial charge in [0.2, 0.25) is 11.9 Å². The van der Waals surface area contributed by atoms with Gasteiger partial charge < -0.3 is 20.5 Å². The van der Waals surface area contributed by atoms with Gasteiger partial charge >= 0.3 is 0 Å². The highest BCUT2D eigenvalue weighted by molar-refractivity contribution is 6.03. The Kier molecular flexibility index (Phi) is 4.93. The first-order valence-corrected chi connectivity index (χ1v) is 10.0. The monoisotopic (exact) mass is 405 g/mol. The summed E-state index contributed by atoms with van der Waals surface area (Å²) in [7, 11) is 1.90. The SMILES string of the molecule is Cn1cc(C(=O)Nc2cccc(C(C)(C)C)c2)nc1N1CCc2nc(N)ncc2C1. The molecule has 8 nitrogen and oxygen atoms in total. The number of carbonyl (C=O) groups excluding carboxylic acids is 1. The fourth-order valence-electron chi connectivity index (χ4n) is 3.62. The quantitative estimate of drug-likeness (QED) is 0.695. The molecule has 0 saturated carbocycles. The van der Waals surface area contributed by atoms with Crippen molar-refractivity contribution in [2.75, 3.05) is 22.5 Å². The minimum absolute atomic E-state index is 0.0117. The molecule has 3 N–H and O–H groups in total. The molecule has 3 aromatic rings. The third-order valence-electron chi connectivity index (χ3n) is 5.31. The van der Waals surface area contributed by atoms with E-state index < -0.39 is 0 Å². The maximum atomic E-state index is 12.8. The summed E-state index contributed by atoms with van der Waals surface area (Å²) < 4.78 is 1.88. The predicted molar refractivity (Wildman–Crippen MR) is 118 cm³/mol. The molecule has 1 aliphatic heterocycles. The standard InChI is InChI=1S/C22H27N7O/c1-22(2,3)15-6-5-7-16(10-15)25-19(30)18-13-28(4)21(27-18)29-9-8-17-14(12-29)11-24-20(23)26-17/h5-7,10-11,13H,8-9,12H2,1-4H3,(H,25,30)(H2,23,24,26). The van der Waals surface area contributed by atoms with Crippen LogP contribution < -0.4 is 16.0 Å². The fourth-order valence-corrected chi connectivity index (χ4v) is 3.62. The van der Waals surface area contributed by atoms with E-state index in [2.05, 4.69) is 52.0 Å². The third-order valence-corrected chi connectivity index (χ3v) is 5.31. The highest BCUT2D eigenvalue weighted by atomic mass is 16.1. The van der Waals surface area contributed by atoms with Crippen molar-refractivity contribution in [3.8, 4) is 0 Å². The molecule has 156 valence electrons. The van der Waals surface area contributed by atoms with Gasteiger partial charge in [-0.3, -0.25) is 4.79 Å². The Morgan fingerprint density at radius 2 is 2.03 bits per heavy atom. The van der Waals surface area contributed by atoms with Crippen LogP contribution in [-0.4, -0.2) is 32.0 Å². The van der Waals surface area contributed by atoms with Crippen LogP contribution in [0, 0.1) is 0 Å². The molecule has 0 unspecified atom stereocenters. The molecule has 8 heteroatoms. The Labute approximate surface area is 176 Å². The van der Waals surface area contributed by atoms with Gasteiger partial charge in [-0.2, -0.15) is 0 Å². The predicted octanol–water partition coefficient (Wildman–Crippen LogP) is 2.90. The van der Waals surface area contributed by atoms with Gasteiger partial charge in [-0.25, -0.2) is 15.0 Å². The number of hydrogen-bond acceptors (Lipinski definition) is 6. The number of hydrogen-bond donors (Lipinski definition) is 2. The van der Waals surface area contributed by atoms with Crippen LogP contribution in [0.3, 0.4) is 0 Å². The molecular weight excluding hydrogens is 378 g/mol. The topological polar surface area (TPSA) is 102 Å². The van der Waals surface area contributed by atoms with Crippen molar-refractivity contribution in [3.63, 3.8) is 0 Å². The number of aryl methyl sites for hydroxylation is 1. The van der Waals surface area contributed by atoms with E-state index in [1.165, 1.54) is 0 Å². The molecule has 3 heterocycles. The summed E-state index contributed by atoms with van der Waals surface area (Å²) in [6, 6.07) is 7.93.